The first kappa shape index (κ1) is 14.2. The molecule has 4 N–H and O–H groups in total. The summed E-state index contributed by atoms with van der Waals surface area (Å²) in [5.74, 6) is 0. The maximum absolute atomic E-state index is 11.2. The summed E-state index contributed by atoms with van der Waals surface area (Å²) in [6.07, 6.45) is 2.82. The molecule has 0 bridgehead atoms. The van der Waals surface area contributed by atoms with E-state index >= 15 is 0 Å². The first-order chi connectivity index (χ1) is 7.20. The van der Waals surface area contributed by atoms with Crippen LogP contribution in [0.15, 0.2) is 0 Å². The van der Waals surface area contributed by atoms with Crippen LogP contribution in [0.1, 0.15) is 26.2 Å². The quantitative estimate of drug-likeness (QED) is 0.517. The predicted molar refractivity (Wildman–Crippen MR) is 60.8 cm³/mol. The first-order valence-corrected chi connectivity index (χ1v) is 5.47. The fraction of sp³-hybridized carbons (Fsp3) is 0.900. The van der Waals surface area contributed by atoms with Gasteiger partial charge in [0.15, 0.2) is 0 Å². The molecule has 90 valence electrons. The molecule has 1 atom stereocenters. The summed E-state index contributed by atoms with van der Waals surface area (Å²) < 4.78 is 4.89. The molecule has 0 aromatic rings. The van der Waals surface area contributed by atoms with E-state index in [1.165, 1.54) is 0 Å². The van der Waals surface area contributed by atoms with Crippen molar-refractivity contribution >= 4 is 6.03 Å². The Bertz CT molecular complexity index is 165. The Labute approximate surface area is 91.7 Å². The molecule has 5 heteroatoms. The van der Waals surface area contributed by atoms with Crippen molar-refractivity contribution < 1.29 is 9.53 Å². The van der Waals surface area contributed by atoms with E-state index in [-0.39, 0.29) is 12.1 Å². The second-order valence-electron chi connectivity index (χ2n) is 3.54. The van der Waals surface area contributed by atoms with Gasteiger partial charge in [-0.1, -0.05) is 13.3 Å². The predicted octanol–water partition coefficient (Wildman–Crippen LogP) is 0.450. The lowest BCUT2D eigenvalue weighted by Gasteiger charge is -2.11. The molecule has 0 aliphatic heterocycles. The van der Waals surface area contributed by atoms with Gasteiger partial charge in [-0.3, -0.25) is 0 Å². The Morgan fingerprint density at radius 1 is 1.40 bits per heavy atom. The Kier molecular flexibility index (Phi) is 9.21. The van der Waals surface area contributed by atoms with E-state index in [0.717, 1.165) is 25.8 Å². The lowest BCUT2D eigenvalue weighted by Crippen LogP contribution is -2.39. The maximum atomic E-state index is 11.2. The van der Waals surface area contributed by atoms with Crippen molar-refractivity contribution in [2.24, 2.45) is 5.73 Å². The molecular weight excluding hydrogens is 194 g/mol. The minimum Gasteiger partial charge on any atom is -0.383 e. The summed E-state index contributed by atoms with van der Waals surface area (Å²) in [7, 11) is 1.62. The van der Waals surface area contributed by atoms with Crippen LogP contribution in [0.3, 0.4) is 0 Å². The zero-order chi connectivity index (χ0) is 11.5. The van der Waals surface area contributed by atoms with Crippen LogP contribution >= 0.6 is 0 Å². The molecule has 15 heavy (non-hydrogen) atoms. The SMILES string of the molecule is CCCCNC(=O)NCCC(N)COC. The standard InChI is InChI=1S/C10H23N3O2/c1-3-4-6-12-10(14)13-7-5-9(11)8-15-2/h9H,3-8,11H2,1-2H3,(H2,12,13,14). The van der Waals surface area contributed by atoms with Gasteiger partial charge in [-0.2, -0.15) is 0 Å². The number of carbonyl (C=O) groups excluding carboxylic acids is 1. The number of hydrogen-bond acceptors (Lipinski definition) is 3. The van der Waals surface area contributed by atoms with E-state index in [4.69, 9.17) is 10.5 Å². The number of rotatable bonds is 8. The molecule has 0 rings (SSSR count). The van der Waals surface area contributed by atoms with Gasteiger partial charge in [0.25, 0.3) is 0 Å². The molecule has 0 radical (unpaired) electrons. The molecule has 0 saturated carbocycles. The van der Waals surface area contributed by atoms with Crippen molar-refractivity contribution in [3.63, 3.8) is 0 Å². The Morgan fingerprint density at radius 2 is 2.07 bits per heavy atom. The number of ether oxygens (including phenoxy) is 1. The lowest BCUT2D eigenvalue weighted by atomic mass is 10.2. The number of hydrogen-bond donors (Lipinski definition) is 3. The normalized spacial score (nSPS) is 12.2. The van der Waals surface area contributed by atoms with Gasteiger partial charge in [0, 0.05) is 26.2 Å². The summed E-state index contributed by atoms with van der Waals surface area (Å²) in [5, 5.41) is 5.51. The van der Waals surface area contributed by atoms with Crippen molar-refractivity contribution in [3.8, 4) is 0 Å². The molecule has 0 aromatic heterocycles. The third-order valence-electron chi connectivity index (χ3n) is 2.00. The molecule has 5 nitrogen and oxygen atoms in total. The zero-order valence-electron chi connectivity index (χ0n) is 9.71. The Hall–Kier alpha value is -0.810. The number of carbonyl (C=O) groups is 1. The molecule has 0 spiro atoms. The second kappa shape index (κ2) is 9.73. The molecule has 0 aliphatic rings. The molecule has 1 unspecified atom stereocenters. The van der Waals surface area contributed by atoms with Gasteiger partial charge in [0.2, 0.25) is 0 Å². The molecule has 2 amide bonds. The van der Waals surface area contributed by atoms with Crippen LogP contribution in [0.4, 0.5) is 4.79 Å². The fourth-order valence-electron chi connectivity index (χ4n) is 1.11. The molecule has 0 aromatic carbocycles. The average molecular weight is 217 g/mol. The number of unbranched alkanes of at least 4 members (excludes halogenated alkanes) is 1. The first-order valence-electron chi connectivity index (χ1n) is 5.47. The summed E-state index contributed by atoms with van der Waals surface area (Å²) in [4.78, 5) is 11.2. The molecule has 0 fully saturated rings. The molecular formula is C10H23N3O2. The van der Waals surface area contributed by atoms with Crippen LogP contribution in [0, 0.1) is 0 Å². The van der Waals surface area contributed by atoms with Gasteiger partial charge < -0.3 is 21.1 Å². The van der Waals surface area contributed by atoms with E-state index in [1.54, 1.807) is 7.11 Å². The van der Waals surface area contributed by atoms with Crippen LogP contribution in [0.25, 0.3) is 0 Å². The van der Waals surface area contributed by atoms with Gasteiger partial charge in [-0.15, -0.1) is 0 Å². The van der Waals surface area contributed by atoms with E-state index < -0.39 is 0 Å². The number of nitrogens with two attached hydrogens (primary N) is 1. The summed E-state index contributed by atoms with van der Waals surface area (Å²) in [6.45, 7) is 3.93. The smallest absolute Gasteiger partial charge is 0.314 e. The van der Waals surface area contributed by atoms with Crippen LogP contribution in [0.5, 0.6) is 0 Å². The highest BCUT2D eigenvalue weighted by Gasteiger charge is 2.03. The van der Waals surface area contributed by atoms with E-state index in [9.17, 15) is 4.79 Å². The monoisotopic (exact) mass is 217 g/mol. The molecule has 0 saturated heterocycles. The van der Waals surface area contributed by atoms with E-state index in [0.29, 0.717) is 13.2 Å². The van der Waals surface area contributed by atoms with Crippen molar-refractivity contribution in [2.45, 2.75) is 32.2 Å². The number of methoxy groups -OCH3 is 1. The molecule has 0 heterocycles. The van der Waals surface area contributed by atoms with Gasteiger partial charge in [0.1, 0.15) is 0 Å². The number of amides is 2. The van der Waals surface area contributed by atoms with Crippen LogP contribution in [-0.2, 0) is 4.74 Å². The van der Waals surface area contributed by atoms with Crippen molar-refractivity contribution in [2.75, 3.05) is 26.8 Å². The van der Waals surface area contributed by atoms with Crippen LogP contribution < -0.4 is 16.4 Å². The Balaban J connectivity index is 3.30. The fourth-order valence-corrected chi connectivity index (χ4v) is 1.11. The van der Waals surface area contributed by atoms with Gasteiger partial charge in [-0.25, -0.2) is 4.79 Å². The van der Waals surface area contributed by atoms with Gasteiger partial charge in [0.05, 0.1) is 6.61 Å². The third-order valence-corrected chi connectivity index (χ3v) is 2.00. The minimum absolute atomic E-state index is 0.00839. The lowest BCUT2D eigenvalue weighted by molar-refractivity contribution is 0.176. The Morgan fingerprint density at radius 3 is 2.67 bits per heavy atom. The maximum Gasteiger partial charge on any atom is 0.314 e. The highest BCUT2D eigenvalue weighted by atomic mass is 16.5. The second-order valence-corrected chi connectivity index (χ2v) is 3.54. The van der Waals surface area contributed by atoms with Crippen molar-refractivity contribution in [3.05, 3.63) is 0 Å². The van der Waals surface area contributed by atoms with Crippen LogP contribution in [0.2, 0.25) is 0 Å². The minimum atomic E-state index is -0.118. The largest absolute Gasteiger partial charge is 0.383 e. The van der Waals surface area contributed by atoms with E-state index in [2.05, 4.69) is 17.6 Å². The summed E-state index contributed by atoms with van der Waals surface area (Å²) >= 11 is 0. The summed E-state index contributed by atoms with van der Waals surface area (Å²) in [6, 6.07) is -0.126. The van der Waals surface area contributed by atoms with E-state index in [1.807, 2.05) is 0 Å². The highest BCUT2D eigenvalue weighted by molar-refractivity contribution is 5.73. The number of urea groups is 1. The van der Waals surface area contributed by atoms with Crippen molar-refractivity contribution in [1.29, 1.82) is 0 Å². The zero-order valence-corrected chi connectivity index (χ0v) is 9.71. The topological polar surface area (TPSA) is 76.4 Å². The van der Waals surface area contributed by atoms with Crippen molar-refractivity contribution in [1.82, 2.24) is 10.6 Å². The van der Waals surface area contributed by atoms with Gasteiger partial charge in [-0.05, 0) is 12.8 Å². The summed E-state index contributed by atoms with van der Waals surface area (Å²) in [5.41, 5.74) is 5.70. The van der Waals surface area contributed by atoms with Crippen LogP contribution in [-0.4, -0.2) is 38.9 Å². The highest BCUT2D eigenvalue weighted by Crippen LogP contribution is 1.87. The molecule has 0 aliphatic carbocycles. The number of nitrogens with one attached hydrogen (secondary N) is 2. The van der Waals surface area contributed by atoms with Gasteiger partial charge >= 0.3 is 6.03 Å². The third kappa shape index (κ3) is 9.49. The average Bonchev–Trinajstić information content (AvgIpc) is 2.18.